The highest BCUT2D eigenvalue weighted by Crippen LogP contribution is 2.39. The molecule has 168 valence electrons. The number of carboxylic acids is 1. The van der Waals surface area contributed by atoms with Gasteiger partial charge in [-0.3, -0.25) is 4.79 Å². The lowest BCUT2D eigenvalue weighted by Crippen LogP contribution is -2.11. The highest BCUT2D eigenvalue weighted by Gasteiger charge is 2.28. The fraction of sp³-hybridized carbons (Fsp3) is 0.154. The van der Waals surface area contributed by atoms with Crippen molar-refractivity contribution < 1.29 is 19.1 Å². The van der Waals surface area contributed by atoms with Crippen LogP contribution in [0.5, 0.6) is 0 Å². The molecule has 6 nitrogen and oxygen atoms in total. The molecule has 0 radical (unpaired) electrons. The number of fused-ring (bicyclic) bond motifs is 3. The maximum atomic E-state index is 15.0. The third-order valence-electron chi connectivity index (χ3n) is 5.83. The number of aromatic carboxylic acids is 1. The van der Waals surface area contributed by atoms with Gasteiger partial charge in [0, 0.05) is 35.8 Å². The van der Waals surface area contributed by atoms with Crippen LogP contribution in [0, 0.1) is 5.82 Å². The number of rotatable bonds is 8. The molecule has 0 atom stereocenters. The lowest BCUT2D eigenvalue weighted by Gasteiger charge is -2.11. The number of carbonyl (C=O) groups excluding carboxylic acids is 1. The van der Waals surface area contributed by atoms with Gasteiger partial charge in [-0.1, -0.05) is 42.5 Å². The molecule has 4 rings (SSSR count). The summed E-state index contributed by atoms with van der Waals surface area (Å²) in [7, 11) is 0. The average molecular weight is 445 g/mol. The maximum absolute atomic E-state index is 15.0. The van der Waals surface area contributed by atoms with Gasteiger partial charge in [0.25, 0.3) is 0 Å². The van der Waals surface area contributed by atoms with E-state index in [0.717, 1.165) is 22.1 Å². The fourth-order valence-corrected chi connectivity index (χ4v) is 4.43. The third-order valence-corrected chi connectivity index (χ3v) is 5.83. The van der Waals surface area contributed by atoms with E-state index in [0.29, 0.717) is 41.6 Å². The Kier molecular flexibility index (Phi) is 6.24. The van der Waals surface area contributed by atoms with Crippen molar-refractivity contribution in [3.05, 3.63) is 94.1 Å². The van der Waals surface area contributed by atoms with Gasteiger partial charge in [0.05, 0.1) is 5.52 Å². The molecule has 0 fully saturated rings. The number of aromatic nitrogens is 1. The van der Waals surface area contributed by atoms with Crippen LogP contribution in [0.1, 0.15) is 45.2 Å². The first-order chi connectivity index (χ1) is 16.0. The minimum atomic E-state index is -1.10. The number of amides is 1. The van der Waals surface area contributed by atoms with Gasteiger partial charge in [0.1, 0.15) is 11.5 Å². The van der Waals surface area contributed by atoms with Crippen molar-refractivity contribution in [2.75, 3.05) is 0 Å². The summed E-state index contributed by atoms with van der Waals surface area (Å²) in [6.45, 7) is 2.44. The van der Waals surface area contributed by atoms with Crippen LogP contribution in [0.25, 0.3) is 22.6 Å². The number of hydrogen-bond acceptors (Lipinski definition) is 3. The number of carbonyl (C=O) groups is 2. The third kappa shape index (κ3) is 4.10. The van der Waals surface area contributed by atoms with Crippen LogP contribution in [0.2, 0.25) is 0 Å². The van der Waals surface area contributed by atoms with E-state index in [9.17, 15) is 19.1 Å². The zero-order valence-electron chi connectivity index (χ0n) is 18.1. The quantitative estimate of drug-likeness (QED) is 0.357. The number of allylic oxidation sites excluding steroid dienone is 4. The smallest absolute Gasteiger partial charge is 0.353 e. The van der Waals surface area contributed by atoms with E-state index in [1.54, 1.807) is 22.8 Å². The Labute approximate surface area is 190 Å². The Balaban J connectivity index is 2.01. The SMILES string of the molecule is C/C(=C\C=C/NC=O)c1c(C(=O)O)n(Cc2cccc(CN)c2)c2cc(F)c3c(c12)CC=C3. The lowest BCUT2D eigenvalue weighted by atomic mass is 9.96. The number of halogens is 1. The standard InChI is InChI=1S/C26H24FN3O3/c1-16(5-4-10-29-15-31)23-24-20-9-3-8-19(20)21(27)12-22(24)30(25(23)26(32)33)14-18-7-2-6-17(11-18)13-28/h2-8,10-12,15H,9,13-14,28H2,1H3,(H,29,31)(H,32,33)/b10-4-,16-5+. The molecule has 4 N–H and O–H groups in total. The Bertz CT molecular complexity index is 1350. The molecule has 1 aliphatic carbocycles. The highest BCUT2D eigenvalue weighted by atomic mass is 19.1. The zero-order chi connectivity index (χ0) is 23.5. The molecular formula is C26H24FN3O3. The van der Waals surface area contributed by atoms with Crippen molar-refractivity contribution in [3.63, 3.8) is 0 Å². The Morgan fingerprint density at radius 3 is 2.82 bits per heavy atom. The number of hydrogen-bond donors (Lipinski definition) is 3. The topological polar surface area (TPSA) is 97.4 Å². The van der Waals surface area contributed by atoms with Crippen LogP contribution < -0.4 is 11.1 Å². The van der Waals surface area contributed by atoms with E-state index in [4.69, 9.17) is 5.73 Å². The van der Waals surface area contributed by atoms with E-state index in [1.165, 1.54) is 12.3 Å². The zero-order valence-corrected chi connectivity index (χ0v) is 18.1. The van der Waals surface area contributed by atoms with E-state index < -0.39 is 5.97 Å². The second-order valence-electron chi connectivity index (χ2n) is 7.88. The molecule has 0 saturated heterocycles. The monoisotopic (exact) mass is 445 g/mol. The van der Waals surface area contributed by atoms with E-state index in [2.05, 4.69) is 5.32 Å². The first-order valence-corrected chi connectivity index (χ1v) is 10.5. The Hall–Kier alpha value is -3.97. The highest BCUT2D eigenvalue weighted by molar-refractivity contribution is 6.07. The molecule has 1 amide bonds. The van der Waals surface area contributed by atoms with Gasteiger partial charge in [0.15, 0.2) is 0 Å². The normalized spacial score (nSPS) is 13.1. The van der Waals surface area contributed by atoms with Crippen LogP contribution in [0.4, 0.5) is 4.39 Å². The molecule has 0 unspecified atom stereocenters. The average Bonchev–Trinajstić information content (AvgIpc) is 3.41. The molecule has 0 spiro atoms. The fourth-order valence-electron chi connectivity index (χ4n) is 4.43. The summed E-state index contributed by atoms with van der Waals surface area (Å²) in [6.07, 6.45) is 9.51. The van der Waals surface area contributed by atoms with Crippen LogP contribution >= 0.6 is 0 Å². The van der Waals surface area contributed by atoms with Gasteiger partial charge in [-0.05, 0) is 47.8 Å². The number of nitrogens with zero attached hydrogens (tertiary/aromatic N) is 1. The predicted molar refractivity (Wildman–Crippen MR) is 127 cm³/mol. The molecule has 0 saturated carbocycles. The Morgan fingerprint density at radius 2 is 2.09 bits per heavy atom. The van der Waals surface area contributed by atoms with Crippen molar-refractivity contribution in [1.82, 2.24) is 9.88 Å². The minimum Gasteiger partial charge on any atom is -0.477 e. The van der Waals surface area contributed by atoms with Crippen molar-refractivity contribution in [2.24, 2.45) is 5.73 Å². The molecule has 0 aliphatic heterocycles. The molecule has 7 heteroatoms. The number of benzene rings is 2. The molecule has 1 aliphatic rings. The predicted octanol–water partition coefficient (Wildman–Crippen LogP) is 4.22. The molecule has 0 bridgehead atoms. The van der Waals surface area contributed by atoms with Gasteiger partial charge in [0.2, 0.25) is 6.41 Å². The van der Waals surface area contributed by atoms with Crippen LogP contribution in [-0.4, -0.2) is 22.1 Å². The van der Waals surface area contributed by atoms with Crippen molar-refractivity contribution in [3.8, 4) is 0 Å². The summed E-state index contributed by atoms with van der Waals surface area (Å²) in [5, 5.41) is 13.4. The molecule has 1 heterocycles. The second-order valence-corrected chi connectivity index (χ2v) is 7.88. The number of nitrogens with one attached hydrogen (secondary N) is 1. The van der Waals surface area contributed by atoms with Crippen molar-refractivity contribution >= 4 is 34.9 Å². The van der Waals surface area contributed by atoms with Crippen molar-refractivity contribution in [2.45, 2.75) is 26.4 Å². The Morgan fingerprint density at radius 1 is 1.30 bits per heavy atom. The first-order valence-electron chi connectivity index (χ1n) is 10.5. The van der Waals surface area contributed by atoms with Gasteiger partial charge >= 0.3 is 5.97 Å². The summed E-state index contributed by atoms with van der Waals surface area (Å²) in [5.74, 6) is -1.47. The molecular weight excluding hydrogens is 421 g/mol. The summed E-state index contributed by atoms with van der Waals surface area (Å²) in [5.41, 5.74) is 10.7. The summed E-state index contributed by atoms with van der Waals surface area (Å²) in [6, 6.07) is 9.04. The van der Waals surface area contributed by atoms with Gasteiger partial charge in [-0.25, -0.2) is 9.18 Å². The van der Waals surface area contributed by atoms with Gasteiger partial charge in [-0.2, -0.15) is 0 Å². The second kappa shape index (κ2) is 9.26. The summed E-state index contributed by atoms with van der Waals surface area (Å²) >= 11 is 0. The van der Waals surface area contributed by atoms with Gasteiger partial charge < -0.3 is 20.7 Å². The molecule has 3 aromatic rings. The molecule has 2 aromatic carbocycles. The van der Waals surface area contributed by atoms with Crippen molar-refractivity contribution in [1.29, 1.82) is 0 Å². The molecule has 1 aromatic heterocycles. The maximum Gasteiger partial charge on any atom is 0.353 e. The van der Waals surface area contributed by atoms with Gasteiger partial charge in [-0.15, -0.1) is 0 Å². The number of carboxylic acid groups (broad SMARTS) is 1. The van der Waals surface area contributed by atoms with E-state index in [-0.39, 0.29) is 18.1 Å². The van der Waals surface area contributed by atoms with E-state index in [1.807, 2.05) is 37.3 Å². The number of nitrogens with two attached hydrogens (primary N) is 1. The summed E-state index contributed by atoms with van der Waals surface area (Å²) < 4.78 is 16.7. The van der Waals surface area contributed by atoms with Crippen LogP contribution in [0.3, 0.4) is 0 Å². The summed E-state index contributed by atoms with van der Waals surface area (Å²) in [4.78, 5) is 23.0. The lowest BCUT2D eigenvalue weighted by molar-refractivity contribution is -0.108. The van der Waals surface area contributed by atoms with Crippen LogP contribution in [-0.2, 0) is 24.3 Å². The molecule has 33 heavy (non-hydrogen) atoms. The minimum absolute atomic E-state index is 0.0911. The largest absolute Gasteiger partial charge is 0.477 e. The van der Waals surface area contributed by atoms with E-state index >= 15 is 0 Å². The first kappa shape index (κ1) is 22.2. The van der Waals surface area contributed by atoms with Crippen LogP contribution in [0.15, 0.2) is 54.8 Å².